The maximum atomic E-state index is 10.7. The molecule has 1 aromatic carbocycles. The van der Waals surface area contributed by atoms with E-state index in [1.807, 2.05) is 6.07 Å². The number of hydrogen-bond donors (Lipinski definition) is 2. The Morgan fingerprint density at radius 2 is 2.05 bits per heavy atom. The van der Waals surface area contributed by atoms with Gasteiger partial charge in [0, 0.05) is 22.6 Å². The molecule has 0 amide bonds. The normalized spacial score (nSPS) is 24.8. The number of fused-ring (bicyclic) bond motifs is 1. The molecule has 0 saturated heterocycles. The van der Waals surface area contributed by atoms with E-state index in [4.69, 9.17) is 4.74 Å². The Balaban J connectivity index is 1.70. The van der Waals surface area contributed by atoms with E-state index in [2.05, 4.69) is 33.4 Å². The van der Waals surface area contributed by atoms with E-state index in [-0.39, 0.29) is 6.04 Å². The Morgan fingerprint density at radius 3 is 2.86 bits per heavy atom. The van der Waals surface area contributed by atoms with Gasteiger partial charge in [-0.25, -0.2) is 0 Å². The standard InChI is InChI=1S/C17H24BrNO2/c18-13-6-7-14-15(5-4-10-21-16(14)11-13)19-12-17(20)8-2-1-3-9-17/h6-7,11,15,19-20H,1-5,8-10,12H2. The highest BCUT2D eigenvalue weighted by atomic mass is 79.9. The molecule has 1 aliphatic carbocycles. The minimum atomic E-state index is -0.513. The molecule has 1 fully saturated rings. The smallest absolute Gasteiger partial charge is 0.125 e. The molecular formula is C17H24BrNO2. The highest BCUT2D eigenvalue weighted by Crippen LogP contribution is 2.35. The number of rotatable bonds is 3. The second-order valence-corrected chi connectivity index (χ2v) is 7.31. The molecule has 1 unspecified atom stereocenters. The van der Waals surface area contributed by atoms with E-state index in [1.165, 1.54) is 12.0 Å². The van der Waals surface area contributed by atoms with E-state index < -0.39 is 5.60 Å². The molecule has 0 aromatic heterocycles. The highest BCUT2D eigenvalue weighted by Gasteiger charge is 2.30. The molecule has 1 heterocycles. The maximum Gasteiger partial charge on any atom is 0.125 e. The van der Waals surface area contributed by atoms with Crippen LogP contribution in [0.25, 0.3) is 0 Å². The van der Waals surface area contributed by atoms with Crippen LogP contribution in [0.5, 0.6) is 5.75 Å². The van der Waals surface area contributed by atoms with Crippen molar-refractivity contribution in [2.75, 3.05) is 13.2 Å². The van der Waals surface area contributed by atoms with Crippen LogP contribution in [-0.2, 0) is 0 Å². The minimum Gasteiger partial charge on any atom is -0.493 e. The Morgan fingerprint density at radius 1 is 1.24 bits per heavy atom. The summed E-state index contributed by atoms with van der Waals surface area (Å²) in [7, 11) is 0. The number of aliphatic hydroxyl groups is 1. The first kappa shape index (κ1) is 15.3. The van der Waals surface area contributed by atoms with Gasteiger partial charge >= 0.3 is 0 Å². The average molecular weight is 354 g/mol. The number of halogens is 1. The number of ether oxygens (including phenoxy) is 1. The predicted molar refractivity (Wildman–Crippen MR) is 87.6 cm³/mol. The fraction of sp³-hybridized carbons (Fsp3) is 0.647. The molecular weight excluding hydrogens is 330 g/mol. The summed E-state index contributed by atoms with van der Waals surface area (Å²) in [5, 5.41) is 14.3. The zero-order valence-corrected chi connectivity index (χ0v) is 14.0. The van der Waals surface area contributed by atoms with Crippen LogP contribution in [0.1, 0.15) is 56.6 Å². The molecule has 1 aliphatic heterocycles. The van der Waals surface area contributed by atoms with E-state index in [0.717, 1.165) is 55.4 Å². The van der Waals surface area contributed by atoms with Crippen molar-refractivity contribution in [2.45, 2.75) is 56.6 Å². The third kappa shape index (κ3) is 3.79. The SMILES string of the molecule is OC1(CNC2CCCOc3cc(Br)ccc32)CCCCC1. The summed E-state index contributed by atoms with van der Waals surface area (Å²) >= 11 is 3.51. The lowest BCUT2D eigenvalue weighted by Crippen LogP contribution is -2.43. The molecule has 116 valence electrons. The van der Waals surface area contributed by atoms with Gasteiger partial charge in [-0.2, -0.15) is 0 Å². The molecule has 3 nitrogen and oxygen atoms in total. The first-order valence-corrected chi connectivity index (χ1v) is 8.84. The van der Waals surface area contributed by atoms with Gasteiger partial charge in [0.2, 0.25) is 0 Å². The van der Waals surface area contributed by atoms with Crippen LogP contribution in [-0.4, -0.2) is 23.9 Å². The van der Waals surface area contributed by atoms with Crippen molar-refractivity contribution in [3.05, 3.63) is 28.2 Å². The molecule has 1 aromatic rings. The van der Waals surface area contributed by atoms with Gasteiger partial charge in [-0.3, -0.25) is 0 Å². The summed E-state index contributed by atoms with van der Waals surface area (Å²) in [5.74, 6) is 0.968. The van der Waals surface area contributed by atoms with Gasteiger partial charge in [0.1, 0.15) is 5.75 Å². The Labute approximate surface area is 135 Å². The summed E-state index contributed by atoms with van der Waals surface area (Å²) in [6.45, 7) is 1.46. The number of nitrogens with one attached hydrogen (secondary N) is 1. The molecule has 3 rings (SSSR count). The first-order valence-electron chi connectivity index (χ1n) is 8.04. The van der Waals surface area contributed by atoms with E-state index in [0.29, 0.717) is 6.54 Å². The third-order valence-corrected chi connectivity index (χ3v) is 5.20. The molecule has 1 atom stereocenters. The summed E-state index contributed by atoms with van der Waals surface area (Å²) in [6, 6.07) is 6.52. The van der Waals surface area contributed by atoms with Gasteiger partial charge in [0.25, 0.3) is 0 Å². The molecule has 21 heavy (non-hydrogen) atoms. The maximum absolute atomic E-state index is 10.7. The van der Waals surface area contributed by atoms with Crippen LogP contribution in [0.2, 0.25) is 0 Å². The van der Waals surface area contributed by atoms with Gasteiger partial charge in [0.15, 0.2) is 0 Å². The van der Waals surface area contributed by atoms with Gasteiger partial charge in [0.05, 0.1) is 12.2 Å². The largest absolute Gasteiger partial charge is 0.493 e. The average Bonchev–Trinajstić information content (AvgIpc) is 2.67. The van der Waals surface area contributed by atoms with Crippen molar-refractivity contribution < 1.29 is 9.84 Å². The van der Waals surface area contributed by atoms with E-state index in [1.54, 1.807) is 0 Å². The zero-order valence-electron chi connectivity index (χ0n) is 12.4. The number of hydrogen-bond acceptors (Lipinski definition) is 3. The van der Waals surface area contributed by atoms with Crippen LogP contribution in [0.3, 0.4) is 0 Å². The quantitative estimate of drug-likeness (QED) is 0.864. The van der Waals surface area contributed by atoms with Crippen LogP contribution < -0.4 is 10.1 Å². The van der Waals surface area contributed by atoms with Crippen molar-refractivity contribution in [1.82, 2.24) is 5.32 Å². The topological polar surface area (TPSA) is 41.5 Å². The van der Waals surface area contributed by atoms with Gasteiger partial charge in [-0.1, -0.05) is 41.3 Å². The summed E-state index contributed by atoms with van der Waals surface area (Å²) < 4.78 is 6.89. The van der Waals surface area contributed by atoms with Crippen molar-refractivity contribution in [3.8, 4) is 5.75 Å². The van der Waals surface area contributed by atoms with Crippen LogP contribution in [0.4, 0.5) is 0 Å². The monoisotopic (exact) mass is 353 g/mol. The van der Waals surface area contributed by atoms with Crippen LogP contribution >= 0.6 is 15.9 Å². The van der Waals surface area contributed by atoms with Crippen molar-refractivity contribution >= 4 is 15.9 Å². The van der Waals surface area contributed by atoms with E-state index >= 15 is 0 Å². The second-order valence-electron chi connectivity index (χ2n) is 6.39. The number of benzene rings is 1. The molecule has 2 N–H and O–H groups in total. The van der Waals surface area contributed by atoms with Crippen LogP contribution in [0, 0.1) is 0 Å². The molecule has 4 heteroatoms. The second kappa shape index (κ2) is 6.67. The van der Waals surface area contributed by atoms with Crippen molar-refractivity contribution in [1.29, 1.82) is 0 Å². The lowest BCUT2D eigenvalue weighted by Gasteiger charge is -2.34. The first-order chi connectivity index (χ1) is 10.2. The van der Waals surface area contributed by atoms with Crippen molar-refractivity contribution in [2.24, 2.45) is 0 Å². The lowest BCUT2D eigenvalue weighted by atomic mass is 9.84. The van der Waals surface area contributed by atoms with Crippen molar-refractivity contribution in [3.63, 3.8) is 0 Å². The van der Waals surface area contributed by atoms with Crippen LogP contribution in [0.15, 0.2) is 22.7 Å². The molecule has 0 radical (unpaired) electrons. The fourth-order valence-electron chi connectivity index (χ4n) is 3.46. The summed E-state index contributed by atoms with van der Waals surface area (Å²) in [6.07, 6.45) is 7.52. The predicted octanol–water partition coefficient (Wildman–Crippen LogP) is 3.95. The molecule has 0 bridgehead atoms. The molecule has 1 saturated carbocycles. The molecule has 0 spiro atoms. The Hall–Kier alpha value is -0.580. The summed E-state index contributed by atoms with van der Waals surface area (Å²) in [4.78, 5) is 0. The van der Waals surface area contributed by atoms with Gasteiger partial charge < -0.3 is 15.2 Å². The molecule has 2 aliphatic rings. The van der Waals surface area contributed by atoms with Gasteiger partial charge in [-0.15, -0.1) is 0 Å². The lowest BCUT2D eigenvalue weighted by molar-refractivity contribution is 0.00238. The minimum absolute atomic E-state index is 0.279. The van der Waals surface area contributed by atoms with Gasteiger partial charge in [-0.05, 0) is 37.8 Å². The zero-order chi connectivity index (χ0) is 14.7. The van der Waals surface area contributed by atoms with E-state index in [9.17, 15) is 5.11 Å². The fourth-order valence-corrected chi connectivity index (χ4v) is 3.80. The summed E-state index contributed by atoms with van der Waals surface area (Å²) in [5.41, 5.74) is 0.705. The Bertz CT molecular complexity index is 486. The highest BCUT2D eigenvalue weighted by molar-refractivity contribution is 9.10. The Kier molecular flexibility index (Phi) is 4.87. The third-order valence-electron chi connectivity index (χ3n) is 4.71.